The average Bonchev–Trinajstić information content (AvgIpc) is 2.49. The standard InChI is InChI=1S/C17H21N3O2/c1-12-7-9-14(10-8-12)22-13(2)17(21)19-15-6-5-11-18-16(15)20(3)4/h5-11,13H,1-4H3,(H,19,21). The maximum atomic E-state index is 12.3. The molecule has 5 nitrogen and oxygen atoms in total. The number of nitrogens with zero attached hydrogens (tertiary/aromatic N) is 2. The normalized spacial score (nSPS) is 11.6. The first-order valence-electron chi connectivity index (χ1n) is 7.14. The molecule has 0 saturated carbocycles. The van der Waals surface area contributed by atoms with Crippen molar-refractivity contribution in [2.45, 2.75) is 20.0 Å². The van der Waals surface area contributed by atoms with Gasteiger partial charge in [-0.2, -0.15) is 0 Å². The fourth-order valence-electron chi connectivity index (χ4n) is 1.96. The van der Waals surface area contributed by atoms with Crippen molar-refractivity contribution >= 4 is 17.4 Å². The number of aryl methyl sites for hydroxylation is 1. The Kier molecular flexibility index (Phi) is 4.99. The van der Waals surface area contributed by atoms with Gasteiger partial charge in [0.15, 0.2) is 11.9 Å². The Morgan fingerprint density at radius 3 is 2.55 bits per heavy atom. The molecule has 2 aromatic rings. The first-order valence-corrected chi connectivity index (χ1v) is 7.14. The lowest BCUT2D eigenvalue weighted by molar-refractivity contribution is -0.122. The minimum Gasteiger partial charge on any atom is -0.481 e. The van der Waals surface area contributed by atoms with E-state index in [1.54, 1.807) is 19.2 Å². The quantitative estimate of drug-likeness (QED) is 0.922. The van der Waals surface area contributed by atoms with Crippen molar-refractivity contribution in [1.82, 2.24) is 4.98 Å². The number of rotatable bonds is 5. The fraction of sp³-hybridized carbons (Fsp3) is 0.294. The molecule has 1 heterocycles. The zero-order valence-corrected chi connectivity index (χ0v) is 13.3. The summed E-state index contributed by atoms with van der Waals surface area (Å²) in [5.74, 6) is 1.17. The van der Waals surface area contributed by atoms with Crippen LogP contribution in [0.2, 0.25) is 0 Å². The SMILES string of the molecule is Cc1ccc(OC(C)C(=O)Nc2cccnc2N(C)C)cc1. The van der Waals surface area contributed by atoms with E-state index in [-0.39, 0.29) is 5.91 Å². The van der Waals surface area contributed by atoms with E-state index < -0.39 is 6.10 Å². The summed E-state index contributed by atoms with van der Waals surface area (Å²) in [4.78, 5) is 18.4. The second-order valence-corrected chi connectivity index (χ2v) is 5.33. The van der Waals surface area contributed by atoms with Gasteiger partial charge in [0.05, 0.1) is 5.69 Å². The average molecular weight is 299 g/mol. The van der Waals surface area contributed by atoms with E-state index in [0.29, 0.717) is 17.3 Å². The third-order valence-electron chi connectivity index (χ3n) is 3.17. The number of benzene rings is 1. The van der Waals surface area contributed by atoms with E-state index in [9.17, 15) is 4.79 Å². The zero-order valence-electron chi connectivity index (χ0n) is 13.3. The van der Waals surface area contributed by atoms with Gasteiger partial charge in [-0.15, -0.1) is 0 Å². The Bertz CT molecular complexity index is 639. The first kappa shape index (κ1) is 15.8. The number of carbonyl (C=O) groups excluding carboxylic acids is 1. The Morgan fingerprint density at radius 1 is 1.23 bits per heavy atom. The highest BCUT2D eigenvalue weighted by molar-refractivity contribution is 5.96. The van der Waals surface area contributed by atoms with Crippen molar-refractivity contribution in [3.8, 4) is 5.75 Å². The highest BCUT2D eigenvalue weighted by Crippen LogP contribution is 2.21. The van der Waals surface area contributed by atoms with E-state index in [0.717, 1.165) is 5.56 Å². The van der Waals surface area contributed by atoms with E-state index in [2.05, 4.69) is 10.3 Å². The lowest BCUT2D eigenvalue weighted by Gasteiger charge is -2.18. The van der Waals surface area contributed by atoms with Crippen LogP contribution in [0.15, 0.2) is 42.6 Å². The summed E-state index contributed by atoms with van der Waals surface area (Å²) in [5, 5.41) is 2.86. The minimum absolute atomic E-state index is 0.211. The molecule has 1 atom stereocenters. The maximum absolute atomic E-state index is 12.3. The van der Waals surface area contributed by atoms with Crippen molar-refractivity contribution in [3.63, 3.8) is 0 Å². The van der Waals surface area contributed by atoms with Gasteiger partial charge in [0.2, 0.25) is 0 Å². The van der Waals surface area contributed by atoms with Gasteiger partial charge in [-0.05, 0) is 38.1 Å². The van der Waals surface area contributed by atoms with Gasteiger partial charge in [-0.3, -0.25) is 4.79 Å². The number of anilines is 2. The Morgan fingerprint density at radius 2 is 1.91 bits per heavy atom. The summed E-state index contributed by atoms with van der Waals surface area (Å²) in [6.07, 6.45) is 1.09. The summed E-state index contributed by atoms with van der Waals surface area (Å²) >= 11 is 0. The van der Waals surface area contributed by atoms with E-state index in [4.69, 9.17) is 4.74 Å². The molecule has 0 saturated heterocycles. The van der Waals surface area contributed by atoms with Crippen LogP contribution < -0.4 is 15.0 Å². The van der Waals surface area contributed by atoms with Crippen molar-refractivity contribution in [2.24, 2.45) is 0 Å². The van der Waals surface area contributed by atoms with Gasteiger partial charge < -0.3 is 15.0 Å². The zero-order chi connectivity index (χ0) is 16.1. The molecule has 22 heavy (non-hydrogen) atoms. The Balaban J connectivity index is 2.04. The molecule has 1 aromatic heterocycles. The van der Waals surface area contributed by atoms with Crippen LogP contribution in [0.1, 0.15) is 12.5 Å². The molecule has 116 valence electrons. The molecule has 5 heteroatoms. The molecule has 0 aliphatic carbocycles. The largest absolute Gasteiger partial charge is 0.481 e. The number of hydrogen-bond acceptors (Lipinski definition) is 4. The number of pyridine rings is 1. The highest BCUT2D eigenvalue weighted by Gasteiger charge is 2.17. The molecule has 0 fully saturated rings. The monoisotopic (exact) mass is 299 g/mol. The third-order valence-corrected chi connectivity index (χ3v) is 3.17. The third kappa shape index (κ3) is 3.97. The second kappa shape index (κ2) is 6.93. The van der Waals surface area contributed by atoms with Gasteiger partial charge in [-0.1, -0.05) is 17.7 Å². The summed E-state index contributed by atoms with van der Waals surface area (Å²) in [5.41, 5.74) is 1.81. The van der Waals surface area contributed by atoms with Gasteiger partial charge in [0.1, 0.15) is 5.75 Å². The summed E-state index contributed by atoms with van der Waals surface area (Å²) in [7, 11) is 3.76. The number of aromatic nitrogens is 1. The number of ether oxygens (including phenoxy) is 1. The predicted molar refractivity (Wildman–Crippen MR) is 88.5 cm³/mol. The van der Waals surface area contributed by atoms with Crippen LogP contribution in [0, 0.1) is 6.92 Å². The molecule has 0 radical (unpaired) electrons. The van der Waals surface area contributed by atoms with Crippen molar-refractivity contribution in [3.05, 3.63) is 48.2 Å². The summed E-state index contributed by atoms with van der Waals surface area (Å²) < 4.78 is 5.66. The topological polar surface area (TPSA) is 54.5 Å². The molecule has 0 spiro atoms. The van der Waals surface area contributed by atoms with E-state index in [1.807, 2.05) is 56.3 Å². The molecule has 1 aromatic carbocycles. The molecule has 0 bridgehead atoms. The summed E-state index contributed by atoms with van der Waals surface area (Å²) in [6, 6.07) is 11.2. The van der Waals surface area contributed by atoms with Crippen molar-refractivity contribution < 1.29 is 9.53 Å². The maximum Gasteiger partial charge on any atom is 0.265 e. The molecule has 1 unspecified atom stereocenters. The first-order chi connectivity index (χ1) is 10.5. The molecule has 0 aliphatic heterocycles. The van der Waals surface area contributed by atoms with Crippen LogP contribution in [0.5, 0.6) is 5.75 Å². The molecule has 2 rings (SSSR count). The molecule has 1 amide bonds. The molecule has 1 N–H and O–H groups in total. The van der Waals surface area contributed by atoms with Crippen LogP contribution in [0.4, 0.5) is 11.5 Å². The van der Waals surface area contributed by atoms with Crippen molar-refractivity contribution in [1.29, 1.82) is 0 Å². The van der Waals surface area contributed by atoms with E-state index >= 15 is 0 Å². The smallest absolute Gasteiger partial charge is 0.265 e. The van der Waals surface area contributed by atoms with Crippen LogP contribution in [0.3, 0.4) is 0 Å². The Hall–Kier alpha value is -2.56. The summed E-state index contributed by atoms with van der Waals surface area (Å²) in [6.45, 7) is 3.73. The van der Waals surface area contributed by atoms with Crippen molar-refractivity contribution in [2.75, 3.05) is 24.3 Å². The number of hydrogen-bond donors (Lipinski definition) is 1. The minimum atomic E-state index is -0.599. The highest BCUT2D eigenvalue weighted by atomic mass is 16.5. The second-order valence-electron chi connectivity index (χ2n) is 5.33. The van der Waals surface area contributed by atoms with Gasteiger partial charge in [0.25, 0.3) is 5.91 Å². The number of nitrogens with one attached hydrogen (secondary N) is 1. The van der Waals surface area contributed by atoms with Crippen LogP contribution in [-0.2, 0) is 4.79 Å². The van der Waals surface area contributed by atoms with E-state index in [1.165, 1.54) is 0 Å². The predicted octanol–water partition coefficient (Wildman–Crippen LogP) is 2.86. The molecular weight excluding hydrogens is 278 g/mol. The van der Waals surface area contributed by atoms with Crippen LogP contribution in [0.25, 0.3) is 0 Å². The van der Waals surface area contributed by atoms with Gasteiger partial charge >= 0.3 is 0 Å². The lowest BCUT2D eigenvalue weighted by atomic mass is 10.2. The number of carbonyl (C=O) groups is 1. The lowest BCUT2D eigenvalue weighted by Crippen LogP contribution is -2.30. The Labute approximate surface area is 130 Å². The van der Waals surface area contributed by atoms with Gasteiger partial charge in [-0.25, -0.2) is 4.98 Å². The number of amides is 1. The van der Waals surface area contributed by atoms with Crippen LogP contribution in [-0.4, -0.2) is 31.1 Å². The van der Waals surface area contributed by atoms with Crippen LogP contribution >= 0.6 is 0 Å². The molecule has 0 aliphatic rings. The van der Waals surface area contributed by atoms with Gasteiger partial charge in [0, 0.05) is 20.3 Å². The molecular formula is C17H21N3O2. The fourth-order valence-corrected chi connectivity index (χ4v) is 1.96.